The Morgan fingerprint density at radius 2 is 2.31 bits per heavy atom. The molecule has 0 saturated heterocycles. The number of benzene rings is 1. The summed E-state index contributed by atoms with van der Waals surface area (Å²) in [6, 6.07) is 4.14. The van der Waals surface area contributed by atoms with Crippen molar-refractivity contribution < 1.29 is 5.11 Å². The lowest BCUT2D eigenvalue weighted by atomic mass is 10.1. The molecule has 0 saturated carbocycles. The van der Waals surface area contributed by atoms with E-state index in [9.17, 15) is 5.11 Å². The zero-order valence-electron chi connectivity index (χ0n) is 7.17. The molecule has 2 aromatic rings. The van der Waals surface area contributed by atoms with E-state index in [0.29, 0.717) is 5.75 Å². The number of aromatic hydroxyl groups is 1. The maximum atomic E-state index is 9.86. The minimum atomic E-state index is 0.441. The number of rotatable bonds is 1. The first-order valence-electron chi connectivity index (χ1n) is 4.11. The van der Waals surface area contributed by atoms with E-state index < -0.39 is 0 Å². The van der Waals surface area contributed by atoms with Crippen LogP contribution < -0.4 is 0 Å². The standard InChI is InChI=1S/C10H9IOS/c1-2-6-5-8-7(3-4-13-8)10(12)9(6)11/h3-5,12H,2H2,1H3. The third-order valence-electron chi connectivity index (χ3n) is 2.13. The Labute approximate surface area is 94.5 Å². The zero-order chi connectivity index (χ0) is 9.42. The molecule has 2 rings (SSSR count). The fourth-order valence-corrected chi connectivity index (χ4v) is 3.06. The zero-order valence-corrected chi connectivity index (χ0v) is 10.1. The van der Waals surface area contributed by atoms with E-state index in [2.05, 4.69) is 35.6 Å². The van der Waals surface area contributed by atoms with E-state index in [0.717, 1.165) is 15.4 Å². The molecule has 0 aliphatic heterocycles. The monoisotopic (exact) mass is 304 g/mol. The molecule has 68 valence electrons. The van der Waals surface area contributed by atoms with Crippen molar-refractivity contribution in [3.05, 3.63) is 26.6 Å². The molecule has 1 nitrogen and oxygen atoms in total. The van der Waals surface area contributed by atoms with Crippen LogP contribution in [-0.4, -0.2) is 5.11 Å². The molecule has 0 unspecified atom stereocenters. The normalized spacial score (nSPS) is 10.9. The second kappa shape index (κ2) is 3.46. The summed E-state index contributed by atoms with van der Waals surface area (Å²) in [6.07, 6.45) is 0.972. The molecule has 0 atom stereocenters. The first kappa shape index (κ1) is 9.27. The first-order chi connectivity index (χ1) is 6.24. The van der Waals surface area contributed by atoms with Crippen molar-refractivity contribution in [1.82, 2.24) is 0 Å². The van der Waals surface area contributed by atoms with Gasteiger partial charge in [-0.15, -0.1) is 11.3 Å². The van der Waals surface area contributed by atoms with Crippen molar-refractivity contribution in [3.8, 4) is 5.75 Å². The van der Waals surface area contributed by atoms with Gasteiger partial charge in [0.2, 0.25) is 0 Å². The van der Waals surface area contributed by atoms with Crippen molar-refractivity contribution in [1.29, 1.82) is 0 Å². The molecule has 0 aliphatic carbocycles. The van der Waals surface area contributed by atoms with Crippen LogP contribution in [0.4, 0.5) is 0 Å². The van der Waals surface area contributed by atoms with Gasteiger partial charge in [0.25, 0.3) is 0 Å². The van der Waals surface area contributed by atoms with Crippen molar-refractivity contribution in [2.45, 2.75) is 13.3 Å². The van der Waals surface area contributed by atoms with Crippen LogP contribution in [0, 0.1) is 3.57 Å². The summed E-state index contributed by atoms with van der Waals surface area (Å²) >= 11 is 3.88. The Morgan fingerprint density at radius 3 is 3.00 bits per heavy atom. The number of phenolic OH excluding ortho intramolecular Hbond substituents is 1. The topological polar surface area (TPSA) is 20.2 Å². The smallest absolute Gasteiger partial charge is 0.137 e. The van der Waals surface area contributed by atoms with Crippen LogP contribution >= 0.6 is 33.9 Å². The second-order valence-electron chi connectivity index (χ2n) is 2.88. The first-order valence-corrected chi connectivity index (χ1v) is 6.07. The van der Waals surface area contributed by atoms with Crippen LogP contribution in [-0.2, 0) is 6.42 Å². The fourth-order valence-electron chi connectivity index (χ4n) is 1.38. The Bertz CT molecular complexity index is 447. The van der Waals surface area contributed by atoms with Gasteiger partial charge in [-0.3, -0.25) is 0 Å². The Kier molecular flexibility index (Phi) is 2.47. The van der Waals surface area contributed by atoms with Gasteiger partial charge in [-0.25, -0.2) is 0 Å². The number of hydrogen-bond donors (Lipinski definition) is 1. The van der Waals surface area contributed by atoms with Crippen molar-refractivity contribution in [2.24, 2.45) is 0 Å². The molecule has 13 heavy (non-hydrogen) atoms. The van der Waals surface area contributed by atoms with E-state index in [1.807, 2.05) is 11.4 Å². The highest BCUT2D eigenvalue weighted by Gasteiger charge is 2.09. The van der Waals surface area contributed by atoms with Gasteiger partial charge in [0.05, 0.1) is 3.57 Å². The van der Waals surface area contributed by atoms with Crippen LogP contribution in [0.15, 0.2) is 17.5 Å². The lowest BCUT2D eigenvalue weighted by molar-refractivity contribution is 0.477. The molecular weight excluding hydrogens is 295 g/mol. The van der Waals surface area contributed by atoms with E-state index >= 15 is 0 Å². The fraction of sp³-hybridized carbons (Fsp3) is 0.200. The molecule has 0 fully saturated rings. The van der Waals surface area contributed by atoms with E-state index in [-0.39, 0.29) is 0 Å². The molecule has 0 radical (unpaired) electrons. The number of thiophene rings is 1. The van der Waals surface area contributed by atoms with Crippen LogP contribution in [0.5, 0.6) is 5.75 Å². The predicted octanol–water partition coefficient (Wildman–Crippen LogP) is 3.77. The Morgan fingerprint density at radius 1 is 1.54 bits per heavy atom. The molecule has 0 spiro atoms. The molecule has 3 heteroatoms. The van der Waals surface area contributed by atoms with E-state index in [4.69, 9.17) is 0 Å². The number of halogens is 1. The van der Waals surface area contributed by atoms with Gasteiger partial charge in [0.1, 0.15) is 5.75 Å². The van der Waals surface area contributed by atoms with Gasteiger partial charge >= 0.3 is 0 Å². The molecule has 1 aromatic heterocycles. The molecule has 0 aliphatic rings. The van der Waals surface area contributed by atoms with Gasteiger partial charge in [-0.1, -0.05) is 6.92 Å². The number of phenols is 1. The van der Waals surface area contributed by atoms with Crippen LogP contribution in [0.3, 0.4) is 0 Å². The van der Waals surface area contributed by atoms with Gasteiger partial charge in [-0.2, -0.15) is 0 Å². The van der Waals surface area contributed by atoms with Crippen molar-refractivity contribution in [3.63, 3.8) is 0 Å². The SMILES string of the molecule is CCc1cc2sccc2c(O)c1I. The van der Waals surface area contributed by atoms with E-state index in [1.54, 1.807) is 11.3 Å². The molecule has 1 N–H and O–H groups in total. The third kappa shape index (κ3) is 1.44. The number of hydrogen-bond acceptors (Lipinski definition) is 2. The highest BCUT2D eigenvalue weighted by atomic mass is 127. The van der Waals surface area contributed by atoms with Crippen LogP contribution in [0.1, 0.15) is 12.5 Å². The lowest BCUT2D eigenvalue weighted by Gasteiger charge is -2.04. The average Bonchev–Trinajstić information content (AvgIpc) is 2.59. The van der Waals surface area contributed by atoms with E-state index in [1.165, 1.54) is 10.3 Å². The van der Waals surface area contributed by atoms with Crippen LogP contribution in [0.2, 0.25) is 0 Å². The van der Waals surface area contributed by atoms with Crippen molar-refractivity contribution >= 4 is 44.0 Å². The maximum Gasteiger partial charge on any atom is 0.137 e. The molecule has 0 amide bonds. The van der Waals surface area contributed by atoms with Gasteiger partial charge < -0.3 is 5.11 Å². The van der Waals surface area contributed by atoms with Crippen molar-refractivity contribution in [2.75, 3.05) is 0 Å². The van der Waals surface area contributed by atoms with Gasteiger partial charge in [0.15, 0.2) is 0 Å². The molecule has 1 heterocycles. The summed E-state index contributed by atoms with van der Waals surface area (Å²) in [7, 11) is 0. The Balaban J connectivity index is 2.83. The molecule has 0 bridgehead atoms. The minimum Gasteiger partial charge on any atom is -0.506 e. The number of fused-ring (bicyclic) bond motifs is 1. The predicted molar refractivity (Wildman–Crippen MR) is 65.6 cm³/mol. The molecule has 1 aromatic carbocycles. The highest BCUT2D eigenvalue weighted by molar-refractivity contribution is 14.1. The van der Waals surface area contributed by atoms with Gasteiger partial charge in [-0.05, 0) is 52.1 Å². The largest absolute Gasteiger partial charge is 0.506 e. The van der Waals surface area contributed by atoms with Gasteiger partial charge in [0, 0.05) is 10.1 Å². The summed E-state index contributed by atoms with van der Waals surface area (Å²) in [5.41, 5.74) is 1.23. The Hall–Kier alpha value is -0.290. The quantitative estimate of drug-likeness (QED) is 0.795. The molecular formula is C10H9IOS. The maximum absolute atomic E-state index is 9.86. The average molecular weight is 304 g/mol. The summed E-state index contributed by atoms with van der Waals surface area (Å²) in [5, 5.41) is 12.9. The second-order valence-corrected chi connectivity index (χ2v) is 4.91. The lowest BCUT2D eigenvalue weighted by Crippen LogP contribution is -1.86. The van der Waals surface area contributed by atoms with Crippen LogP contribution in [0.25, 0.3) is 10.1 Å². The summed E-state index contributed by atoms with van der Waals surface area (Å²) in [5.74, 6) is 0.441. The summed E-state index contributed by atoms with van der Waals surface area (Å²) in [4.78, 5) is 0. The number of aryl methyl sites for hydroxylation is 1. The third-order valence-corrected chi connectivity index (χ3v) is 4.19. The minimum absolute atomic E-state index is 0.441. The highest BCUT2D eigenvalue weighted by Crippen LogP contribution is 2.35. The summed E-state index contributed by atoms with van der Waals surface area (Å²) in [6.45, 7) is 2.11. The summed E-state index contributed by atoms with van der Waals surface area (Å²) < 4.78 is 2.17.